The minimum atomic E-state index is -5.08. The third-order valence-corrected chi connectivity index (χ3v) is 12.0. The number of nitrogens with two attached hydrogens (primary N) is 1. The van der Waals surface area contributed by atoms with Crippen LogP contribution in [-0.4, -0.2) is 108 Å². The Balaban J connectivity index is 0.000000811. The minimum absolute atomic E-state index is 0.0184. The Bertz CT molecular complexity index is 1890. The SMILES string of the molecule is NC1CCN(C(=O)C2CN(Cc3ccc(-c4ccc(OC(F)(F)F)cn4)cc3)CCN2S(=O)(=O)c2ccc(OCC3CCCCC3)cc2)CC1.O=C(O)C(F)(F)F. The van der Waals surface area contributed by atoms with Gasteiger partial charge in [-0.3, -0.25) is 14.7 Å². The molecule has 1 amide bonds. The van der Waals surface area contributed by atoms with Gasteiger partial charge < -0.3 is 25.2 Å². The number of nitrogens with zero attached hydrogens (tertiary/aromatic N) is 4. The number of rotatable bonds is 10. The van der Waals surface area contributed by atoms with E-state index in [2.05, 4.69) is 14.6 Å². The summed E-state index contributed by atoms with van der Waals surface area (Å²) in [4.78, 5) is 30.9. The van der Waals surface area contributed by atoms with Crippen molar-refractivity contribution in [3.8, 4) is 22.8 Å². The van der Waals surface area contributed by atoms with Crippen LogP contribution in [0.2, 0.25) is 0 Å². The molecule has 1 atom stereocenters. The Morgan fingerprint density at radius 2 is 1.44 bits per heavy atom. The Labute approximate surface area is 326 Å². The largest absolute Gasteiger partial charge is 0.573 e. The maximum Gasteiger partial charge on any atom is 0.573 e. The van der Waals surface area contributed by atoms with E-state index in [0.717, 1.165) is 24.6 Å². The van der Waals surface area contributed by atoms with Crippen molar-refractivity contribution in [3.63, 3.8) is 0 Å². The zero-order valence-corrected chi connectivity index (χ0v) is 31.7. The van der Waals surface area contributed by atoms with Crippen LogP contribution in [0.15, 0.2) is 71.8 Å². The second-order valence-electron chi connectivity index (χ2n) is 14.2. The number of amides is 1. The molecule has 0 bridgehead atoms. The first-order chi connectivity index (χ1) is 26.9. The number of halogens is 6. The molecule has 1 saturated carbocycles. The number of likely N-dealkylation sites (tertiary alicyclic amines) is 1. The molecule has 2 aromatic carbocycles. The van der Waals surface area contributed by atoms with Gasteiger partial charge in [-0.15, -0.1) is 13.2 Å². The lowest BCUT2D eigenvalue weighted by Crippen LogP contribution is -2.61. The average molecular weight is 830 g/mol. The van der Waals surface area contributed by atoms with E-state index in [0.29, 0.717) is 68.6 Å². The van der Waals surface area contributed by atoms with Crippen LogP contribution in [0, 0.1) is 5.92 Å². The minimum Gasteiger partial charge on any atom is -0.493 e. The number of carbonyl (C=O) groups excluding carboxylic acids is 1. The second-order valence-corrected chi connectivity index (χ2v) is 16.1. The van der Waals surface area contributed by atoms with Gasteiger partial charge in [-0.05, 0) is 73.6 Å². The van der Waals surface area contributed by atoms with Gasteiger partial charge >= 0.3 is 18.5 Å². The van der Waals surface area contributed by atoms with Crippen molar-refractivity contribution in [2.24, 2.45) is 11.7 Å². The van der Waals surface area contributed by atoms with Crippen LogP contribution in [0.1, 0.15) is 50.5 Å². The van der Waals surface area contributed by atoms with Crippen molar-refractivity contribution in [2.45, 2.75) is 81.0 Å². The van der Waals surface area contributed by atoms with Crippen molar-refractivity contribution in [1.29, 1.82) is 0 Å². The molecular weight excluding hydrogens is 785 g/mol. The molecule has 19 heteroatoms. The number of ether oxygens (including phenoxy) is 2. The number of alkyl halides is 6. The predicted octanol–water partition coefficient (Wildman–Crippen LogP) is 6.06. The van der Waals surface area contributed by atoms with Crippen molar-refractivity contribution < 1.29 is 58.9 Å². The van der Waals surface area contributed by atoms with Gasteiger partial charge in [0.15, 0.2) is 0 Å². The molecule has 57 heavy (non-hydrogen) atoms. The summed E-state index contributed by atoms with van der Waals surface area (Å²) >= 11 is 0. The number of aliphatic carboxylic acids is 1. The number of carbonyl (C=O) groups is 2. The number of aromatic nitrogens is 1. The maximum atomic E-state index is 14.1. The quantitative estimate of drug-likeness (QED) is 0.230. The predicted molar refractivity (Wildman–Crippen MR) is 195 cm³/mol. The Kier molecular flexibility index (Phi) is 14.4. The fraction of sp³-hybridized carbons (Fsp3) is 0.500. The normalized spacial score (nSPS) is 19.4. The number of hydrogen-bond acceptors (Lipinski definition) is 9. The van der Waals surface area contributed by atoms with Gasteiger partial charge in [-0.2, -0.15) is 17.5 Å². The van der Waals surface area contributed by atoms with E-state index in [-0.39, 0.29) is 29.9 Å². The number of piperidine rings is 1. The van der Waals surface area contributed by atoms with E-state index in [9.17, 15) is 39.6 Å². The molecule has 312 valence electrons. The average Bonchev–Trinajstić information content (AvgIpc) is 3.17. The zero-order chi connectivity index (χ0) is 41.4. The number of pyridine rings is 1. The van der Waals surface area contributed by atoms with Gasteiger partial charge in [0.05, 0.1) is 23.4 Å². The summed E-state index contributed by atoms with van der Waals surface area (Å²) in [6.45, 7) is 2.83. The molecule has 3 heterocycles. The second kappa shape index (κ2) is 18.9. The summed E-state index contributed by atoms with van der Waals surface area (Å²) in [6, 6.07) is 15.7. The fourth-order valence-electron chi connectivity index (χ4n) is 6.98. The first-order valence-corrected chi connectivity index (χ1v) is 20.0. The van der Waals surface area contributed by atoms with Gasteiger partial charge in [0, 0.05) is 50.9 Å². The monoisotopic (exact) mass is 829 g/mol. The van der Waals surface area contributed by atoms with Gasteiger partial charge in [0.2, 0.25) is 15.9 Å². The van der Waals surface area contributed by atoms with Crippen LogP contribution in [-0.2, 0) is 26.2 Å². The number of hydrogen-bond donors (Lipinski definition) is 2. The smallest absolute Gasteiger partial charge is 0.493 e. The number of benzene rings is 2. The number of sulfonamides is 1. The molecule has 6 rings (SSSR count). The highest BCUT2D eigenvalue weighted by atomic mass is 32.2. The molecule has 12 nitrogen and oxygen atoms in total. The van der Waals surface area contributed by atoms with E-state index in [1.54, 1.807) is 29.2 Å². The molecule has 3 aromatic rings. The summed E-state index contributed by atoms with van der Waals surface area (Å²) in [5.41, 5.74) is 8.23. The third kappa shape index (κ3) is 12.5. The van der Waals surface area contributed by atoms with Crippen LogP contribution in [0.5, 0.6) is 11.5 Å². The van der Waals surface area contributed by atoms with Crippen LogP contribution in [0.25, 0.3) is 11.3 Å². The van der Waals surface area contributed by atoms with Crippen molar-refractivity contribution in [1.82, 2.24) is 19.1 Å². The molecular formula is C38H45F6N5O7S. The molecule has 0 radical (unpaired) electrons. The highest BCUT2D eigenvalue weighted by Gasteiger charge is 2.42. The molecule has 3 N–H and O–H groups in total. The molecule has 2 aliphatic heterocycles. The summed E-state index contributed by atoms with van der Waals surface area (Å²) < 4.78 is 109. The summed E-state index contributed by atoms with van der Waals surface area (Å²) in [6.07, 6.45) is -1.51. The van der Waals surface area contributed by atoms with E-state index in [4.69, 9.17) is 20.4 Å². The van der Waals surface area contributed by atoms with Crippen LogP contribution < -0.4 is 15.2 Å². The topological polar surface area (TPSA) is 156 Å². The first-order valence-electron chi connectivity index (χ1n) is 18.5. The van der Waals surface area contributed by atoms with Crippen molar-refractivity contribution >= 4 is 21.9 Å². The maximum absolute atomic E-state index is 14.1. The number of carboxylic acid groups (broad SMARTS) is 1. The molecule has 1 aromatic heterocycles. The third-order valence-electron chi connectivity index (χ3n) is 10.1. The summed E-state index contributed by atoms with van der Waals surface area (Å²) in [5, 5.41) is 7.12. The lowest BCUT2D eigenvalue weighted by Gasteiger charge is -2.42. The van der Waals surface area contributed by atoms with Crippen LogP contribution >= 0.6 is 0 Å². The summed E-state index contributed by atoms with van der Waals surface area (Å²) in [7, 11) is -4.00. The highest BCUT2D eigenvalue weighted by molar-refractivity contribution is 7.89. The Hall–Kier alpha value is -4.46. The Morgan fingerprint density at radius 3 is 2.00 bits per heavy atom. The number of piperazine rings is 1. The first kappa shape index (κ1) is 43.7. The van der Waals surface area contributed by atoms with E-state index >= 15 is 0 Å². The van der Waals surface area contributed by atoms with Crippen molar-refractivity contribution in [3.05, 3.63) is 72.4 Å². The van der Waals surface area contributed by atoms with Gasteiger partial charge in [0.25, 0.3) is 0 Å². The molecule has 2 saturated heterocycles. The van der Waals surface area contributed by atoms with E-state index in [1.165, 1.54) is 35.7 Å². The van der Waals surface area contributed by atoms with Gasteiger partial charge in [-0.25, -0.2) is 13.2 Å². The van der Waals surface area contributed by atoms with Gasteiger partial charge in [-0.1, -0.05) is 43.5 Å². The molecule has 3 fully saturated rings. The lowest BCUT2D eigenvalue weighted by atomic mass is 9.90. The lowest BCUT2D eigenvalue weighted by molar-refractivity contribution is -0.274. The standard InChI is InChI=1S/C36H44F3N5O5S.C2HF3O2/c37-36(38,39)49-31-12-15-33(41-22-31)28-8-6-26(7-9-28)23-42-20-21-44(34(24-42)35(45)43-18-16-29(40)17-19-43)50(46,47)32-13-10-30(11-14-32)48-25-27-4-2-1-3-5-27;3-2(4,5)1(6)7/h6-15,22,27,29,34H,1-5,16-21,23-25,40H2;(H,6,7). The summed E-state index contributed by atoms with van der Waals surface area (Å²) in [5.74, 6) is -2.22. The van der Waals surface area contributed by atoms with Crippen LogP contribution in [0.4, 0.5) is 26.3 Å². The molecule has 0 spiro atoms. The highest BCUT2D eigenvalue weighted by Crippen LogP contribution is 2.29. The molecule has 1 unspecified atom stereocenters. The fourth-order valence-corrected chi connectivity index (χ4v) is 8.55. The van der Waals surface area contributed by atoms with E-state index < -0.39 is 40.3 Å². The van der Waals surface area contributed by atoms with Gasteiger partial charge in [0.1, 0.15) is 17.5 Å². The molecule has 1 aliphatic carbocycles. The number of carboxylic acids is 1. The van der Waals surface area contributed by atoms with Crippen molar-refractivity contribution in [2.75, 3.05) is 39.3 Å². The molecule has 3 aliphatic rings. The zero-order valence-electron chi connectivity index (χ0n) is 30.9. The van der Waals surface area contributed by atoms with Crippen LogP contribution in [0.3, 0.4) is 0 Å². The van der Waals surface area contributed by atoms with E-state index in [1.807, 2.05) is 24.3 Å². The Morgan fingerprint density at radius 1 is 0.825 bits per heavy atom.